The van der Waals surface area contributed by atoms with Crippen LogP contribution >= 0.6 is 0 Å². The summed E-state index contributed by atoms with van der Waals surface area (Å²) in [5.41, 5.74) is 1.58. The van der Waals surface area contributed by atoms with Crippen LogP contribution in [0.1, 0.15) is 17.2 Å². The van der Waals surface area contributed by atoms with E-state index in [2.05, 4.69) is 5.32 Å². The average Bonchev–Trinajstić information content (AvgIpc) is 2.52. The van der Waals surface area contributed by atoms with Crippen LogP contribution in [0.15, 0.2) is 60.7 Å². The van der Waals surface area contributed by atoms with Crippen molar-refractivity contribution in [3.05, 3.63) is 71.8 Å². The second kappa shape index (κ2) is 7.26. The van der Waals surface area contributed by atoms with Crippen LogP contribution in [0.25, 0.3) is 6.08 Å². The average molecular weight is 283 g/mol. The van der Waals surface area contributed by atoms with Crippen molar-refractivity contribution < 1.29 is 15.0 Å². The van der Waals surface area contributed by atoms with Gasteiger partial charge in [0.15, 0.2) is 0 Å². The first-order chi connectivity index (χ1) is 10.1. The van der Waals surface area contributed by atoms with Crippen LogP contribution in [-0.2, 0) is 4.79 Å². The normalized spacial score (nSPS) is 12.2. The van der Waals surface area contributed by atoms with E-state index in [0.29, 0.717) is 5.56 Å². The fourth-order valence-electron chi connectivity index (χ4n) is 1.81. The van der Waals surface area contributed by atoms with Gasteiger partial charge in [0.1, 0.15) is 5.75 Å². The topological polar surface area (TPSA) is 69.6 Å². The number of benzene rings is 2. The van der Waals surface area contributed by atoms with Crippen molar-refractivity contribution in [3.63, 3.8) is 0 Å². The summed E-state index contributed by atoms with van der Waals surface area (Å²) in [6, 6.07) is 15.7. The molecule has 3 N–H and O–H groups in total. The van der Waals surface area contributed by atoms with Gasteiger partial charge in [-0.1, -0.05) is 42.5 Å². The number of phenols is 1. The Bertz CT molecular complexity index is 606. The number of aliphatic hydroxyl groups is 1. The minimum absolute atomic E-state index is 0.114. The Morgan fingerprint density at radius 3 is 2.43 bits per heavy atom. The van der Waals surface area contributed by atoms with Crippen LogP contribution in [0.2, 0.25) is 0 Å². The summed E-state index contributed by atoms with van der Waals surface area (Å²) in [4.78, 5) is 11.7. The first-order valence-electron chi connectivity index (χ1n) is 6.63. The zero-order valence-electron chi connectivity index (χ0n) is 11.4. The molecule has 0 aromatic heterocycles. The maximum Gasteiger partial charge on any atom is 0.244 e. The summed E-state index contributed by atoms with van der Waals surface area (Å²) in [7, 11) is 0. The number of hydrogen-bond donors (Lipinski definition) is 3. The fraction of sp³-hybridized carbons (Fsp3) is 0.118. The fourth-order valence-corrected chi connectivity index (χ4v) is 1.81. The molecule has 0 aliphatic heterocycles. The first kappa shape index (κ1) is 14.8. The van der Waals surface area contributed by atoms with Gasteiger partial charge in [-0.05, 0) is 29.3 Å². The second-order valence-corrected chi connectivity index (χ2v) is 4.60. The number of hydrogen-bond acceptors (Lipinski definition) is 3. The first-order valence-corrected chi connectivity index (χ1v) is 6.63. The Hall–Kier alpha value is -2.59. The molecule has 0 saturated heterocycles. The summed E-state index contributed by atoms with van der Waals surface area (Å²) in [5.74, 6) is -0.127. The highest BCUT2D eigenvalue weighted by molar-refractivity contribution is 5.91. The highest BCUT2D eigenvalue weighted by Gasteiger charge is 2.08. The Balaban J connectivity index is 1.83. The molecule has 2 aromatic carbocycles. The number of rotatable bonds is 5. The zero-order valence-corrected chi connectivity index (χ0v) is 11.4. The largest absolute Gasteiger partial charge is 0.508 e. The standard InChI is InChI=1S/C17H17NO3/c19-15-9-7-14(8-10-15)16(20)12-18-17(21)11-6-13-4-2-1-3-5-13/h1-11,16,19-20H,12H2,(H,18,21)/t16-/m1/s1. The molecule has 0 aliphatic carbocycles. The molecule has 2 rings (SSSR count). The van der Waals surface area contributed by atoms with Crippen molar-refractivity contribution in [1.82, 2.24) is 5.32 Å². The maximum absolute atomic E-state index is 11.7. The number of phenolic OH excluding ortho intramolecular Hbond substituents is 1. The Morgan fingerprint density at radius 1 is 1.10 bits per heavy atom. The molecule has 1 atom stereocenters. The molecule has 0 radical (unpaired) electrons. The lowest BCUT2D eigenvalue weighted by Crippen LogP contribution is -2.26. The molecule has 0 aliphatic rings. The smallest absolute Gasteiger partial charge is 0.244 e. The molecule has 4 nitrogen and oxygen atoms in total. The van der Waals surface area contributed by atoms with Crippen LogP contribution in [0.3, 0.4) is 0 Å². The molecule has 0 bridgehead atoms. The molecule has 0 fully saturated rings. The summed E-state index contributed by atoms with van der Waals surface area (Å²) < 4.78 is 0. The Kier molecular flexibility index (Phi) is 5.12. The number of nitrogens with one attached hydrogen (secondary N) is 1. The van der Waals surface area contributed by atoms with Crippen LogP contribution in [0.4, 0.5) is 0 Å². The van der Waals surface area contributed by atoms with Gasteiger partial charge in [0, 0.05) is 12.6 Å². The number of aliphatic hydroxyl groups excluding tert-OH is 1. The lowest BCUT2D eigenvalue weighted by atomic mass is 10.1. The van der Waals surface area contributed by atoms with E-state index in [-0.39, 0.29) is 18.2 Å². The zero-order chi connectivity index (χ0) is 15.1. The van der Waals surface area contributed by atoms with Gasteiger partial charge in [-0.15, -0.1) is 0 Å². The van der Waals surface area contributed by atoms with Gasteiger partial charge >= 0.3 is 0 Å². The molecular weight excluding hydrogens is 266 g/mol. The molecule has 0 spiro atoms. The minimum atomic E-state index is -0.806. The maximum atomic E-state index is 11.7. The predicted molar refractivity (Wildman–Crippen MR) is 81.6 cm³/mol. The van der Waals surface area contributed by atoms with Gasteiger partial charge in [0.2, 0.25) is 5.91 Å². The highest BCUT2D eigenvalue weighted by atomic mass is 16.3. The van der Waals surface area contributed by atoms with E-state index in [1.165, 1.54) is 18.2 Å². The third kappa shape index (κ3) is 4.78. The van der Waals surface area contributed by atoms with Crippen molar-refractivity contribution >= 4 is 12.0 Å². The Labute approximate surface area is 123 Å². The SMILES string of the molecule is O=C(C=Cc1ccccc1)NC[C@@H](O)c1ccc(O)cc1. The van der Waals surface area contributed by atoms with Crippen molar-refractivity contribution in [2.75, 3.05) is 6.54 Å². The van der Waals surface area contributed by atoms with E-state index in [0.717, 1.165) is 5.56 Å². The molecule has 2 aromatic rings. The Morgan fingerprint density at radius 2 is 1.76 bits per heavy atom. The summed E-state index contributed by atoms with van der Waals surface area (Å²) in [5, 5.41) is 21.7. The third-order valence-corrected chi connectivity index (χ3v) is 2.97. The van der Waals surface area contributed by atoms with Gasteiger partial charge in [-0.25, -0.2) is 0 Å². The lowest BCUT2D eigenvalue weighted by molar-refractivity contribution is -0.116. The van der Waals surface area contributed by atoms with Gasteiger partial charge < -0.3 is 15.5 Å². The van der Waals surface area contributed by atoms with Crippen molar-refractivity contribution in [2.24, 2.45) is 0 Å². The van der Waals surface area contributed by atoms with Gasteiger partial charge in [0.05, 0.1) is 6.10 Å². The molecule has 21 heavy (non-hydrogen) atoms. The van der Waals surface area contributed by atoms with Crippen LogP contribution < -0.4 is 5.32 Å². The van der Waals surface area contributed by atoms with Crippen LogP contribution in [-0.4, -0.2) is 22.7 Å². The van der Waals surface area contributed by atoms with Crippen molar-refractivity contribution in [3.8, 4) is 5.75 Å². The predicted octanol–water partition coefficient (Wildman–Crippen LogP) is 2.26. The summed E-state index contributed by atoms with van der Waals surface area (Å²) in [6.07, 6.45) is 2.33. The monoisotopic (exact) mass is 283 g/mol. The molecule has 1 amide bonds. The van der Waals surface area contributed by atoms with Crippen LogP contribution in [0, 0.1) is 0 Å². The molecule has 0 saturated carbocycles. The van der Waals surface area contributed by atoms with E-state index >= 15 is 0 Å². The second-order valence-electron chi connectivity index (χ2n) is 4.60. The number of carbonyl (C=O) groups excluding carboxylic acids is 1. The molecular formula is C17H17NO3. The van der Waals surface area contributed by atoms with E-state index < -0.39 is 6.10 Å². The van der Waals surface area contributed by atoms with Gasteiger partial charge in [-0.3, -0.25) is 4.79 Å². The third-order valence-electron chi connectivity index (χ3n) is 2.97. The van der Waals surface area contributed by atoms with E-state index in [1.54, 1.807) is 18.2 Å². The lowest BCUT2D eigenvalue weighted by Gasteiger charge is -2.11. The summed E-state index contributed by atoms with van der Waals surface area (Å²) in [6.45, 7) is 0.114. The van der Waals surface area contributed by atoms with Crippen molar-refractivity contribution in [2.45, 2.75) is 6.10 Å². The number of amides is 1. The highest BCUT2D eigenvalue weighted by Crippen LogP contribution is 2.15. The molecule has 4 heteroatoms. The quantitative estimate of drug-likeness (QED) is 0.737. The van der Waals surface area contributed by atoms with E-state index in [1.807, 2.05) is 30.3 Å². The van der Waals surface area contributed by atoms with E-state index in [4.69, 9.17) is 0 Å². The minimum Gasteiger partial charge on any atom is -0.508 e. The summed E-state index contributed by atoms with van der Waals surface area (Å²) >= 11 is 0. The van der Waals surface area contributed by atoms with Crippen LogP contribution in [0.5, 0.6) is 5.75 Å². The number of carbonyl (C=O) groups is 1. The van der Waals surface area contributed by atoms with E-state index in [9.17, 15) is 15.0 Å². The molecule has 108 valence electrons. The van der Waals surface area contributed by atoms with Gasteiger partial charge in [0.25, 0.3) is 0 Å². The molecule has 0 heterocycles. The molecule has 0 unspecified atom stereocenters. The van der Waals surface area contributed by atoms with Crippen molar-refractivity contribution in [1.29, 1.82) is 0 Å². The van der Waals surface area contributed by atoms with Gasteiger partial charge in [-0.2, -0.15) is 0 Å². The number of aromatic hydroxyl groups is 1.